The molecule has 2 nitrogen and oxygen atoms in total. The van der Waals surface area contributed by atoms with Gasteiger partial charge in [0, 0.05) is 11.6 Å². The third kappa shape index (κ3) is 2.33. The van der Waals surface area contributed by atoms with Gasteiger partial charge in [0.15, 0.2) is 0 Å². The molecule has 1 heterocycles. The monoisotopic (exact) mass is 255 g/mol. The zero-order chi connectivity index (χ0) is 13.4. The molecule has 1 aliphatic carbocycles. The van der Waals surface area contributed by atoms with E-state index in [-0.39, 0.29) is 0 Å². The molecule has 1 saturated heterocycles. The van der Waals surface area contributed by atoms with Gasteiger partial charge in [0.05, 0.1) is 13.2 Å². The molecule has 0 saturated carbocycles. The summed E-state index contributed by atoms with van der Waals surface area (Å²) in [5, 5.41) is 0. The maximum absolute atomic E-state index is 5.95. The summed E-state index contributed by atoms with van der Waals surface area (Å²) >= 11 is 0. The van der Waals surface area contributed by atoms with Crippen LogP contribution in [-0.2, 0) is 4.74 Å². The summed E-state index contributed by atoms with van der Waals surface area (Å²) in [5.74, 6) is 1.16. The minimum atomic E-state index is 0.560. The predicted octanol–water partition coefficient (Wildman–Crippen LogP) is 3.57. The van der Waals surface area contributed by atoms with E-state index in [4.69, 9.17) is 10.5 Å². The summed E-state index contributed by atoms with van der Waals surface area (Å²) in [6.45, 7) is 6.20. The SMILES string of the molecule is Cc1ccc(N)cc1C1=CC(C2COC2)=CCC1C. The van der Waals surface area contributed by atoms with Gasteiger partial charge in [0.2, 0.25) is 0 Å². The Morgan fingerprint density at radius 2 is 2.05 bits per heavy atom. The largest absolute Gasteiger partial charge is 0.399 e. The zero-order valence-electron chi connectivity index (χ0n) is 11.6. The van der Waals surface area contributed by atoms with Gasteiger partial charge in [0.25, 0.3) is 0 Å². The van der Waals surface area contributed by atoms with Crippen LogP contribution < -0.4 is 5.73 Å². The first kappa shape index (κ1) is 12.5. The minimum absolute atomic E-state index is 0.560. The first-order valence-corrected chi connectivity index (χ1v) is 7.01. The summed E-state index contributed by atoms with van der Waals surface area (Å²) in [4.78, 5) is 0. The van der Waals surface area contributed by atoms with Gasteiger partial charge in [-0.1, -0.05) is 25.1 Å². The van der Waals surface area contributed by atoms with Crippen LogP contribution in [0.25, 0.3) is 5.57 Å². The van der Waals surface area contributed by atoms with Gasteiger partial charge < -0.3 is 10.5 Å². The molecule has 1 aliphatic heterocycles. The quantitative estimate of drug-likeness (QED) is 0.820. The van der Waals surface area contributed by atoms with E-state index < -0.39 is 0 Å². The third-order valence-corrected chi connectivity index (χ3v) is 4.24. The summed E-state index contributed by atoms with van der Waals surface area (Å²) in [6, 6.07) is 6.20. The van der Waals surface area contributed by atoms with E-state index >= 15 is 0 Å². The maximum atomic E-state index is 5.95. The Balaban J connectivity index is 1.98. The van der Waals surface area contributed by atoms with Crippen molar-refractivity contribution >= 4 is 11.3 Å². The highest BCUT2D eigenvalue weighted by molar-refractivity contribution is 5.75. The standard InChI is InChI=1S/C17H21NO/c1-11-3-5-13(14-9-19-10-14)7-16(11)17-8-15(18)6-4-12(17)2/h4-8,11,14H,3,9-10,18H2,1-2H3. The smallest absolute Gasteiger partial charge is 0.0557 e. The number of ether oxygens (including phenoxy) is 1. The van der Waals surface area contributed by atoms with Crippen molar-refractivity contribution in [3.8, 4) is 0 Å². The minimum Gasteiger partial charge on any atom is -0.399 e. The number of allylic oxidation sites excluding steroid dienone is 3. The van der Waals surface area contributed by atoms with Crippen molar-refractivity contribution in [3.63, 3.8) is 0 Å². The molecule has 1 fully saturated rings. The highest BCUT2D eigenvalue weighted by Crippen LogP contribution is 2.37. The topological polar surface area (TPSA) is 35.2 Å². The first-order chi connectivity index (χ1) is 9.15. The molecule has 100 valence electrons. The molecule has 1 unspecified atom stereocenters. The maximum Gasteiger partial charge on any atom is 0.0557 e. The summed E-state index contributed by atoms with van der Waals surface area (Å²) < 4.78 is 5.31. The van der Waals surface area contributed by atoms with E-state index in [1.54, 1.807) is 0 Å². The Hall–Kier alpha value is -1.54. The van der Waals surface area contributed by atoms with E-state index in [9.17, 15) is 0 Å². The molecule has 0 radical (unpaired) electrons. The molecule has 0 amide bonds. The predicted molar refractivity (Wildman–Crippen MR) is 79.7 cm³/mol. The third-order valence-electron chi connectivity index (χ3n) is 4.24. The number of aryl methyl sites for hydroxylation is 1. The highest BCUT2D eigenvalue weighted by atomic mass is 16.5. The van der Waals surface area contributed by atoms with Crippen LogP contribution in [0.2, 0.25) is 0 Å². The Bertz CT molecular complexity index is 552. The molecule has 1 aromatic rings. The fourth-order valence-corrected chi connectivity index (χ4v) is 2.83. The van der Waals surface area contributed by atoms with Gasteiger partial charge in [0.1, 0.15) is 0 Å². The van der Waals surface area contributed by atoms with Crippen LogP contribution in [0.1, 0.15) is 24.5 Å². The van der Waals surface area contributed by atoms with Crippen LogP contribution in [0, 0.1) is 18.8 Å². The molecule has 3 rings (SSSR count). The Kier molecular flexibility index (Phi) is 3.19. The second-order valence-electron chi connectivity index (χ2n) is 5.75. The fourth-order valence-electron chi connectivity index (χ4n) is 2.83. The molecule has 19 heavy (non-hydrogen) atoms. The van der Waals surface area contributed by atoms with Crippen LogP contribution in [0.15, 0.2) is 35.9 Å². The lowest BCUT2D eigenvalue weighted by molar-refractivity contribution is -0.0119. The normalized spacial score (nSPS) is 23.6. The summed E-state index contributed by atoms with van der Waals surface area (Å²) in [7, 11) is 0. The average Bonchev–Trinajstić information content (AvgIpc) is 2.33. The molecule has 1 aromatic carbocycles. The Morgan fingerprint density at radius 3 is 2.74 bits per heavy atom. The van der Waals surface area contributed by atoms with E-state index in [1.165, 1.54) is 22.3 Å². The zero-order valence-corrected chi connectivity index (χ0v) is 11.6. The fraction of sp³-hybridized carbons (Fsp3) is 0.412. The van der Waals surface area contributed by atoms with Crippen LogP contribution in [0.3, 0.4) is 0 Å². The van der Waals surface area contributed by atoms with E-state index in [0.29, 0.717) is 11.8 Å². The molecule has 2 aliphatic rings. The molecule has 2 N–H and O–H groups in total. The molecule has 0 aromatic heterocycles. The number of nitrogens with two attached hydrogens (primary N) is 1. The van der Waals surface area contributed by atoms with Crippen molar-refractivity contribution in [2.24, 2.45) is 11.8 Å². The van der Waals surface area contributed by atoms with Crippen molar-refractivity contribution < 1.29 is 4.74 Å². The molecular formula is C17H21NO. The van der Waals surface area contributed by atoms with E-state index in [2.05, 4.69) is 38.1 Å². The van der Waals surface area contributed by atoms with Crippen LogP contribution in [-0.4, -0.2) is 13.2 Å². The number of hydrogen-bond donors (Lipinski definition) is 1. The van der Waals surface area contributed by atoms with E-state index in [1.807, 2.05) is 6.07 Å². The second kappa shape index (κ2) is 4.86. The van der Waals surface area contributed by atoms with Crippen molar-refractivity contribution in [2.75, 3.05) is 18.9 Å². The number of nitrogen functional groups attached to an aromatic ring is 1. The number of hydrogen-bond acceptors (Lipinski definition) is 2. The summed E-state index contributed by atoms with van der Waals surface area (Å²) in [5.41, 5.74) is 12.3. The van der Waals surface area contributed by atoms with Gasteiger partial charge in [-0.05, 0) is 53.7 Å². The van der Waals surface area contributed by atoms with Crippen LogP contribution >= 0.6 is 0 Å². The highest BCUT2D eigenvalue weighted by Gasteiger charge is 2.25. The number of rotatable bonds is 2. The van der Waals surface area contributed by atoms with Crippen molar-refractivity contribution in [1.82, 2.24) is 0 Å². The Labute approximate surface area is 115 Å². The second-order valence-corrected chi connectivity index (χ2v) is 5.75. The molecule has 0 bridgehead atoms. The molecule has 0 spiro atoms. The number of anilines is 1. The molecule has 1 atom stereocenters. The van der Waals surface area contributed by atoms with Crippen molar-refractivity contribution in [1.29, 1.82) is 0 Å². The van der Waals surface area contributed by atoms with Crippen LogP contribution in [0.4, 0.5) is 5.69 Å². The molecular weight excluding hydrogens is 234 g/mol. The van der Waals surface area contributed by atoms with Crippen molar-refractivity contribution in [3.05, 3.63) is 47.1 Å². The van der Waals surface area contributed by atoms with Crippen LogP contribution in [0.5, 0.6) is 0 Å². The number of benzene rings is 1. The van der Waals surface area contributed by atoms with Gasteiger partial charge in [-0.15, -0.1) is 0 Å². The van der Waals surface area contributed by atoms with Gasteiger partial charge >= 0.3 is 0 Å². The first-order valence-electron chi connectivity index (χ1n) is 7.01. The lowest BCUT2D eigenvalue weighted by Crippen LogP contribution is -2.29. The van der Waals surface area contributed by atoms with Gasteiger partial charge in [-0.25, -0.2) is 0 Å². The lowest BCUT2D eigenvalue weighted by Gasteiger charge is -2.31. The summed E-state index contributed by atoms with van der Waals surface area (Å²) in [6.07, 6.45) is 5.86. The lowest BCUT2D eigenvalue weighted by atomic mass is 9.80. The van der Waals surface area contributed by atoms with Gasteiger partial charge in [-0.2, -0.15) is 0 Å². The van der Waals surface area contributed by atoms with E-state index in [0.717, 1.165) is 25.3 Å². The molecule has 2 heteroatoms. The average molecular weight is 255 g/mol. The Morgan fingerprint density at radius 1 is 1.26 bits per heavy atom. The van der Waals surface area contributed by atoms with Crippen molar-refractivity contribution in [2.45, 2.75) is 20.3 Å². The van der Waals surface area contributed by atoms with Gasteiger partial charge in [-0.3, -0.25) is 0 Å².